The molecule has 19 heavy (non-hydrogen) atoms. The minimum atomic E-state index is -0.00686. The lowest BCUT2D eigenvalue weighted by molar-refractivity contribution is 0.0949. The number of carbonyl (C=O) groups excluding carboxylic acids is 1. The average molecular weight is 269 g/mol. The molecule has 0 fully saturated rings. The summed E-state index contributed by atoms with van der Waals surface area (Å²) in [6, 6.07) is 11.7. The molecule has 2 aromatic rings. The first-order chi connectivity index (χ1) is 9.24. The highest BCUT2D eigenvalue weighted by Crippen LogP contribution is 2.50. The standard InChI is InChI=1S/C14H11N3OS/c15-8-4-5-10-12(6-8)19-11-3-1-2-9-13(11)17(10)7-16-14(9)18/h1-6H,7,15H2,(H,16,18). The molecule has 4 rings (SSSR count). The summed E-state index contributed by atoms with van der Waals surface area (Å²) in [5, 5.41) is 2.90. The number of fused-ring (bicyclic) bond motifs is 2. The number of nitrogen functional groups attached to an aromatic ring is 1. The van der Waals surface area contributed by atoms with Crippen molar-refractivity contribution >= 4 is 34.7 Å². The van der Waals surface area contributed by atoms with Crippen molar-refractivity contribution in [3.63, 3.8) is 0 Å². The van der Waals surface area contributed by atoms with E-state index in [1.165, 1.54) is 0 Å². The van der Waals surface area contributed by atoms with Crippen LogP contribution in [0, 0.1) is 0 Å². The first-order valence-electron chi connectivity index (χ1n) is 6.00. The van der Waals surface area contributed by atoms with E-state index < -0.39 is 0 Å². The maximum atomic E-state index is 11.9. The lowest BCUT2D eigenvalue weighted by Gasteiger charge is -2.37. The summed E-state index contributed by atoms with van der Waals surface area (Å²) in [6.45, 7) is 0.500. The van der Waals surface area contributed by atoms with Crippen molar-refractivity contribution in [1.29, 1.82) is 0 Å². The van der Waals surface area contributed by atoms with E-state index in [9.17, 15) is 4.79 Å². The minimum absolute atomic E-state index is 0.00686. The van der Waals surface area contributed by atoms with Gasteiger partial charge in [0.2, 0.25) is 0 Å². The van der Waals surface area contributed by atoms with E-state index in [2.05, 4.69) is 10.2 Å². The summed E-state index contributed by atoms with van der Waals surface area (Å²) in [7, 11) is 0. The summed E-state index contributed by atoms with van der Waals surface area (Å²) in [5.41, 5.74) is 9.45. The Kier molecular flexibility index (Phi) is 2.08. The molecule has 0 spiro atoms. The molecular formula is C14H11N3OS. The molecule has 2 heterocycles. The van der Waals surface area contributed by atoms with Crippen LogP contribution in [0.4, 0.5) is 17.1 Å². The van der Waals surface area contributed by atoms with Gasteiger partial charge in [0.1, 0.15) is 0 Å². The second-order valence-corrected chi connectivity index (χ2v) is 5.66. The molecule has 0 aromatic heterocycles. The van der Waals surface area contributed by atoms with Crippen molar-refractivity contribution in [2.45, 2.75) is 9.79 Å². The maximum absolute atomic E-state index is 11.9. The number of para-hydroxylation sites is 1. The zero-order valence-corrected chi connectivity index (χ0v) is 10.8. The minimum Gasteiger partial charge on any atom is -0.399 e. The molecule has 5 heteroatoms. The highest BCUT2D eigenvalue weighted by Gasteiger charge is 2.31. The van der Waals surface area contributed by atoms with Gasteiger partial charge in [-0.2, -0.15) is 0 Å². The second-order valence-electron chi connectivity index (χ2n) is 4.57. The zero-order valence-electron chi connectivity index (χ0n) is 10.0. The Hall–Kier alpha value is -2.14. The van der Waals surface area contributed by atoms with Gasteiger partial charge in [-0.25, -0.2) is 0 Å². The van der Waals surface area contributed by atoms with Gasteiger partial charge in [-0.1, -0.05) is 17.8 Å². The van der Waals surface area contributed by atoms with Crippen LogP contribution < -0.4 is 16.0 Å². The molecule has 0 saturated heterocycles. The van der Waals surface area contributed by atoms with Crippen LogP contribution in [0.3, 0.4) is 0 Å². The molecule has 0 atom stereocenters. The second kappa shape index (κ2) is 3.68. The number of nitrogens with two attached hydrogens (primary N) is 1. The normalized spacial score (nSPS) is 15.6. The lowest BCUT2D eigenvalue weighted by Crippen LogP contribution is -2.42. The average Bonchev–Trinajstić information content (AvgIpc) is 2.41. The van der Waals surface area contributed by atoms with Crippen LogP contribution in [-0.2, 0) is 0 Å². The number of rotatable bonds is 0. The number of nitrogens with zero attached hydrogens (tertiary/aromatic N) is 1. The number of anilines is 3. The van der Waals surface area contributed by atoms with Crippen molar-refractivity contribution < 1.29 is 4.79 Å². The van der Waals surface area contributed by atoms with Gasteiger partial charge in [0, 0.05) is 15.5 Å². The molecule has 0 radical (unpaired) electrons. The highest BCUT2D eigenvalue weighted by molar-refractivity contribution is 7.99. The number of hydrogen-bond donors (Lipinski definition) is 2. The van der Waals surface area contributed by atoms with E-state index in [1.54, 1.807) is 11.8 Å². The molecule has 2 aliphatic heterocycles. The molecule has 2 aliphatic rings. The molecular weight excluding hydrogens is 258 g/mol. The molecule has 94 valence electrons. The van der Waals surface area contributed by atoms with E-state index in [-0.39, 0.29) is 5.91 Å². The van der Waals surface area contributed by atoms with Gasteiger partial charge >= 0.3 is 0 Å². The summed E-state index contributed by atoms with van der Waals surface area (Å²) in [6.07, 6.45) is 0. The van der Waals surface area contributed by atoms with E-state index in [0.29, 0.717) is 6.67 Å². The number of nitrogens with one attached hydrogen (secondary N) is 1. The predicted octanol–water partition coefficient (Wildman–Crippen LogP) is 2.57. The van der Waals surface area contributed by atoms with Crippen LogP contribution in [0.5, 0.6) is 0 Å². The smallest absolute Gasteiger partial charge is 0.254 e. The molecule has 0 unspecified atom stereocenters. The Bertz CT molecular complexity index is 714. The van der Waals surface area contributed by atoms with Crippen LogP contribution in [0.15, 0.2) is 46.2 Å². The Labute approximate surface area is 114 Å². The SMILES string of the molecule is Nc1ccc2c(c1)Sc1cccc3c1N2CNC3=O. The molecule has 1 amide bonds. The van der Waals surface area contributed by atoms with Gasteiger partial charge in [-0.05, 0) is 30.3 Å². The molecule has 2 aromatic carbocycles. The molecule has 4 nitrogen and oxygen atoms in total. The summed E-state index contributed by atoms with van der Waals surface area (Å²) >= 11 is 1.66. The van der Waals surface area contributed by atoms with Crippen LogP contribution in [0.2, 0.25) is 0 Å². The lowest BCUT2D eigenvalue weighted by atomic mass is 10.1. The molecule has 3 N–H and O–H groups in total. The monoisotopic (exact) mass is 269 g/mol. The first-order valence-corrected chi connectivity index (χ1v) is 6.82. The number of hydrogen-bond acceptors (Lipinski definition) is 4. The van der Waals surface area contributed by atoms with Crippen molar-refractivity contribution in [2.75, 3.05) is 17.3 Å². The van der Waals surface area contributed by atoms with Crippen molar-refractivity contribution in [3.05, 3.63) is 42.0 Å². The van der Waals surface area contributed by atoms with Crippen LogP contribution in [0.25, 0.3) is 0 Å². The first kappa shape index (κ1) is 10.8. The van der Waals surface area contributed by atoms with Crippen LogP contribution >= 0.6 is 11.8 Å². The fraction of sp³-hybridized carbons (Fsp3) is 0.0714. The van der Waals surface area contributed by atoms with E-state index in [1.807, 2.05) is 36.4 Å². The van der Waals surface area contributed by atoms with Gasteiger partial charge in [-0.15, -0.1) is 0 Å². The Balaban J connectivity index is 1.98. The zero-order chi connectivity index (χ0) is 13.0. The van der Waals surface area contributed by atoms with E-state index in [4.69, 9.17) is 5.73 Å². The summed E-state index contributed by atoms with van der Waals surface area (Å²) < 4.78 is 0. The molecule has 0 bridgehead atoms. The quantitative estimate of drug-likeness (QED) is 0.722. The third kappa shape index (κ3) is 1.45. The molecule has 0 saturated carbocycles. The van der Waals surface area contributed by atoms with Crippen molar-refractivity contribution in [1.82, 2.24) is 5.32 Å². The van der Waals surface area contributed by atoms with Crippen molar-refractivity contribution in [3.8, 4) is 0 Å². The van der Waals surface area contributed by atoms with Gasteiger partial charge in [0.15, 0.2) is 0 Å². The Morgan fingerprint density at radius 1 is 1.21 bits per heavy atom. The van der Waals surface area contributed by atoms with E-state index in [0.717, 1.165) is 32.4 Å². The Morgan fingerprint density at radius 2 is 2.11 bits per heavy atom. The number of carbonyl (C=O) groups is 1. The Morgan fingerprint density at radius 3 is 3.00 bits per heavy atom. The number of amides is 1. The van der Waals surface area contributed by atoms with E-state index >= 15 is 0 Å². The van der Waals surface area contributed by atoms with Crippen molar-refractivity contribution in [2.24, 2.45) is 0 Å². The summed E-state index contributed by atoms with van der Waals surface area (Å²) in [5.74, 6) is -0.00686. The fourth-order valence-electron chi connectivity index (χ4n) is 2.55. The fourth-order valence-corrected chi connectivity index (χ4v) is 3.73. The highest BCUT2D eigenvalue weighted by atomic mass is 32.2. The van der Waals surface area contributed by atoms with Gasteiger partial charge in [0.25, 0.3) is 5.91 Å². The van der Waals surface area contributed by atoms with Crippen LogP contribution in [-0.4, -0.2) is 12.6 Å². The topological polar surface area (TPSA) is 58.4 Å². The summed E-state index contributed by atoms with van der Waals surface area (Å²) in [4.78, 5) is 16.3. The number of benzene rings is 2. The molecule has 0 aliphatic carbocycles. The van der Waals surface area contributed by atoms with Gasteiger partial charge < -0.3 is 16.0 Å². The van der Waals surface area contributed by atoms with Crippen LogP contribution in [0.1, 0.15) is 10.4 Å². The van der Waals surface area contributed by atoms with Gasteiger partial charge in [0.05, 0.1) is 23.6 Å². The largest absolute Gasteiger partial charge is 0.399 e. The third-order valence-electron chi connectivity index (χ3n) is 3.41. The predicted molar refractivity (Wildman–Crippen MR) is 75.9 cm³/mol. The maximum Gasteiger partial charge on any atom is 0.254 e. The third-order valence-corrected chi connectivity index (χ3v) is 4.50. The van der Waals surface area contributed by atoms with Gasteiger partial charge in [-0.3, -0.25) is 4.79 Å².